The van der Waals surface area contributed by atoms with Crippen LogP contribution in [-0.4, -0.2) is 26.0 Å². The number of carboxylic acids is 1. The lowest BCUT2D eigenvalue weighted by Gasteiger charge is -2.36. The van der Waals surface area contributed by atoms with E-state index in [0.29, 0.717) is 6.61 Å². The standard InChI is InChI=1S/C11H24O3Si/c1-9(7-10(12)13)8-14-15(5,6)11(2,3)4/h9H,7-8H2,1-6H3,(H,12,13). The van der Waals surface area contributed by atoms with Gasteiger partial charge in [0.2, 0.25) is 0 Å². The molecule has 0 bridgehead atoms. The molecule has 0 aliphatic carbocycles. The molecule has 0 aromatic carbocycles. The van der Waals surface area contributed by atoms with E-state index in [0.717, 1.165) is 0 Å². The lowest BCUT2D eigenvalue weighted by molar-refractivity contribution is -0.138. The van der Waals surface area contributed by atoms with Crippen molar-refractivity contribution in [1.29, 1.82) is 0 Å². The van der Waals surface area contributed by atoms with Gasteiger partial charge in [-0.3, -0.25) is 4.79 Å². The summed E-state index contributed by atoms with van der Waals surface area (Å²) in [7, 11) is -1.71. The molecule has 1 atom stereocenters. The average Bonchev–Trinajstić information content (AvgIpc) is 1.97. The van der Waals surface area contributed by atoms with Gasteiger partial charge >= 0.3 is 5.97 Å². The Labute approximate surface area is 94.0 Å². The molecule has 1 N–H and O–H groups in total. The van der Waals surface area contributed by atoms with Crippen molar-refractivity contribution >= 4 is 14.3 Å². The largest absolute Gasteiger partial charge is 0.481 e. The zero-order valence-corrected chi connectivity index (χ0v) is 11.8. The highest BCUT2D eigenvalue weighted by Crippen LogP contribution is 2.36. The van der Waals surface area contributed by atoms with Crippen molar-refractivity contribution in [1.82, 2.24) is 0 Å². The van der Waals surface area contributed by atoms with Gasteiger partial charge in [-0.15, -0.1) is 0 Å². The molecule has 0 rings (SSSR count). The molecule has 0 saturated carbocycles. The Hall–Kier alpha value is -0.353. The fourth-order valence-corrected chi connectivity index (χ4v) is 2.06. The SMILES string of the molecule is CC(CO[Si](C)(C)C(C)(C)C)CC(=O)O. The molecule has 0 saturated heterocycles. The van der Waals surface area contributed by atoms with Gasteiger partial charge in [-0.1, -0.05) is 27.7 Å². The number of hydrogen-bond donors (Lipinski definition) is 1. The van der Waals surface area contributed by atoms with Gasteiger partial charge in [0.1, 0.15) is 0 Å². The topological polar surface area (TPSA) is 46.5 Å². The first-order chi connectivity index (χ1) is 6.56. The van der Waals surface area contributed by atoms with Gasteiger partial charge in [0.05, 0.1) is 6.42 Å². The van der Waals surface area contributed by atoms with Gasteiger partial charge < -0.3 is 9.53 Å². The van der Waals surface area contributed by atoms with Crippen LogP contribution >= 0.6 is 0 Å². The molecule has 3 nitrogen and oxygen atoms in total. The fourth-order valence-electron chi connectivity index (χ4n) is 0.924. The van der Waals surface area contributed by atoms with Crippen LogP contribution in [0.25, 0.3) is 0 Å². The van der Waals surface area contributed by atoms with Crippen LogP contribution in [0.3, 0.4) is 0 Å². The molecule has 0 aromatic heterocycles. The Kier molecular flexibility index (Phi) is 5.00. The van der Waals surface area contributed by atoms with Crippen LogP contribution in [0.2, 0.25) is 18.1 Å². The first kappa shape index (κ1) is 14.6. The van der Waals surface area contributed by atoms with Gasteiger partial charge in [-0.05, 0) is 24.1 Å². The predicted octanol–water partition coefficient (Wildman–Crippen LogP) is 3.12. The Morgan fingerprint density at radius 3 is 2.20 bits per heavy atom. The highest BCUT2D eigenvalue weighted by atomic mass is 28.4. The lowest BCUT2D eigenvalue weighted by atomic mass is 10.1. The Morgan fingerprint density at radius 1 is 1.40 bits per heavy atom. The molecule has 90 valence electrons. The third kappa shape index (κ3) is 5.32. The van der Waals surface area contributed by atoms with Crippen LogP contribution in [0, 0.1) is 5.92 Å². The third-order valence-electron chi connectivity index (χ3n) is 3.06. The second kappa shape index (κ2) is 5.12. The molecule has 4 heteroatoms. The number of carboxylic acid groups (broad SMARTS) is 1. The minimum absolute atomic E-state index is 0.0941. The average molecular weight is 232 g/mol. The molecule has 0 radical (unpaired) electrons. The monoisotopic (exact) mass is 232 g/mol. The van der Waals surface area contributed by atoms with Gasteiger partial charge in [0, 0.05) is 6.61 Å². The Balaban J connectivity index is 4.10. The number of carbonyl (C=O) groups is 1. The normalized spacial score (nSPS) is 15.1. The van der Waals surface area contributed by atoms with Crippen LogP contribution in [0.1, 0.15) is 34.1 Å². The van der Waals surface area contributed by atoms with E-state index in [1.165, 1.54) is 0 Å². The summed E-state index contributed by atoms with van der Waals surface area (Å²) in [5.74, 6) is -0.655. The Morgan fingerprint density at radius 2 is 1.87 bits per heavy atom. The van der Waals surface area contributed by atoms with E-state index in [-0.39, 0.29) is 17.4 Å². The van der Waals surface area contributed by atoms with Crippen molar-refractivity contribution < 1.29 is 14.3 Å². The minimum atomic E-state index is -1.71. The summed E-state index contributed by atoms with van der Waals surface area (Å²) in [5.41, 5.74) is 0. The van der Waals surface area contributed by atoms with Crippen molar-refractivity contribution in [3.05, 3.63) is 0 Å². The molecule has 0 amide bonds. The molecule has 0 fully saturated rings. The summed E-state index contributed by atoms with van der Waals surface area (Å²) in [6, 6.07) is 0. The zero-order valence-electron chi connectivity index (χ0n) is 10.8. The summed E-state index contributed by atoms with van der Waals surface area (Å²) < 4.78 is 5.93. The van der Waals surface area contributed by atoms with E-state index < -0.39 is 14.3 Å². The van der Waals surface area contributed by atoms with Crippen LogP contribution < -0.4 is 0 Å². The van der Waals surface area contributed by atoms with Crippen molar-refractivity contribution in [3.8, 4) is 0 Å². The van der Waals surface area contributed by atoms with E-state index in [4.69, 9.17) is 9.53 Å². The van der Waals surface area contributed by atoms with Crippen LogP contribution in [0.15, 0.2) is 0 Å². The maximum atomic E-state index is 10.5. The summed E-state index contributed by atoms with van der Waals surface area (Å²) in [4.78, 5) is 10.5. The summed E-state index contributed by atoms with van der Waals surface area (Å²) in [5, 5.41) is 8.82. The zero-order chi connectivity index (χ0) is 12.3. The van der Waals surface area contributed by atoms with Crippen molar-refractivity contribution in [3.63, 3.8) is 0 Å². The van der Waals surface area contributed by atoms with E-state index in [1.54, 1.807) is 0 Å². The Bertz CT molecular complexity index is 218. The molecule has 0 aliphatic heterocycles. The molecule has 15 heavy (non-hydrogen) atoms. The molecule has 0 spiro atoms. The molecule has 0 aromatic rings. The van der Waals surface area contributed by atoms with Crippen LogP contribution in [0.4, 0.5) is 0 Å². The predicted molar refractivity (Wildman–Crippen MR) is 64.6 cm³/mol. The molecular weight excluding hydrogens is 208 g/mol. The van der Waals surface area contributed by atoms with Gasteiger partial charge in [0.15, 0.2) is 8.32 Å². The molecule has 1 unspecified atom stereocenters. The molecular formula is C11H24O3Si. The van der Waals surface area contributed by atoms with Crippen molar-refractivity contribution in [2.24, 2.45) is 5.92 Å². The first-order valence-electron chi connectivity index (χ1n) is 5.42. The first-order valence-corrected chi connectivity index (χ1v) is 8.33. The highest BCUT2D eigenvalue weighted by molar-refractivity contribution is 6.74. The van der Waals surface area contributed by atoms with Gasteiger partial charge in [-0.2, -0.15) is 0 Å². The van der Waals surface area contributed by atoms with E-state index in [9.17, 15) is 4.79 Å². The van der Waals surface area contributed by atoms with E-state index in [1.807, 2.05) is 6.92 Å². The number of rotatable bonds is 5. The smallest absolute Gasteiger partial charge is 0.303 e. The summed E-state index contributed by atoms with van der Waals surface area (Å²) in [6.07, 6.45) is 0.189. The maximum Gasteiger partial charge on any atom is 0.303 e. The lowest BCUT2D eigenvalue weighted by Crippen LogP contribution is -2.41. The quantitative estimate of drug-likeness (QED) is 0.741. The van der Waals surface area contributed by atoms with Crippen molar-refractivity contribution in [2.45, 2.75) is 52.2 Å². The van der Waals surface area contributed by atoms with Crippen LogP contribution in [-0.2, 0) is 9.22 Å². The molecule has 0 heterocycles. The number of hydrogen-bond acceptors (Lipinski definition) is 2. The maximum absolute atomic E-state index is 10.5. The second-order valence-electron chi connectivity index (χ2n) is 5.77. The molecule has 0 aliphatic rings. The third-order valence-corrected chi connectivity index (χ3v) is 7.56. The van der Waals surface area contributed by atoms with E-state index in [2.05, 4.69) is 33.9 Å². The van der Waals surface area contributed by atoms with Crippen molar-refractivity contribution in [2.75, 3.05) is 6.61 Å². The van der Waals surface area contributed by atoms with Gasteiger partial charge in [0.25, 0.3) is 0 Å². The van der Waals surface area contributed by atoms with Crippen LogP contribution in [0.5, 0.6) is 0 Å². The summed E-state index contributed by atoms with van der Waals surface area (Å²) >= 11 is 0. The van der Waals surface area contributed by atoms with Gasteiger partial charge in [-0.25, -0.2) is 0 Å². The minimum Gasteiger partial charge on any atom is -0.481 e. The highest BCUT2D eigenvalue weighted by Gasteiger charge is 2.37. The van der Waals surface area contributed by atoms with E-state index >= 15 is 0 Å². The summed E-state index contributed by atoms with van der Waals surface area (Å²) in [6.45, 7) is 13.4. The fraction of sp³-hybridized carbons (Fsp3) is 0.909. The second-order valence-corrected chi connectivity index (χ2v) is 10.6. The number of aliphatic carboxylic acids is 1.